The highest BCUT2D eigenvalue weighted by Gasteiger charge is 1.98. The Morgan fingerprint density at radius 1 is 1.31 bits per heavy atom. The van der Waals surface area contributed by atoms with E-state index in [4.69, 9.17) is 0 Å². The molecule has 0 aliphatic heterocycles. The van der Waals surface area contributed by atoms with Gasteiger partial charge in [0.25, 0.3) is 0 Å². The van der Waals surface area contributed by atoms with Gasteiger partial charge in [0.05, 0.1) is 23.8 Å². The molecule has 0 aliphatic rings. The summed E-state index contributed by atoms with van der Waals surface area (Å²) in [5.41, 5.74) is 2.02. The number of rotatable bonds is 2. The SMILES string of the molecule is CCc1ccn(-c2ccnnc2)n1. The van der Waals surface area contributed by atoms with Crippen LogP contribution in [-0.4, -0.2) is 20.0 Å². The molecule has 0 fully saturated rings. The molecule has 2 aromatic heterocycles. The Hall–Kier alpha value is -1.71. The average Bonchev–Trinajstić information content (AvgIpc) is 2.67. The average molecular weight is 174 g/mol. The maximum absolute atomic E-state index is 4.35. The van der Waals surface area contributed by atoms with Gasteiger partial charge in [-0.15, -0.1) is 0 Å². The molecule has 0 radical (unpaired) electrons. The molecule has 0 N–H and O–H groups in total. The van der Waals surface area contributed by atoms with Crippen molar-refractivity contribution in [2.75, 3.05) is 0 Å². The van der Waals surface area contributed by atoms with Gasteiger partial charge in [0.15, 0.2) is 0 Å². The molecule has 0 saturated carbocycles. The summed E-state index contributed by atoms with van der Waals surface area (Å²) in [4.78, 5) is 0. The third-order valence-corrected chi connectivity index (χ3v) is 1.84. The zero-order chi connectivity index (χ0) is 9.10. The summed E-state index contributed by atoms with van der Waals surface area (Å²) in [6.07, 6.45) is 6.22. The van der Waals surface area contributed by atoms with Crippen LogP contribution in [0.15, 0.2) is 30.7 Å². The van der Waals surface area contributed by atoms with Crippen LogP contribution >= 0.6 is 0 Å². The third kappa shape index (κ3) is 1.56. The summed E-state index contributed by atoms with van der Waals surface area (Å²) >= 11 is 0. The number of hydrogen-bond donors (Lipinski definition) is 0. The Morgan fingerprint density at radius 2 is 2.23 bits per heavy atom. The van der Waals surface area contributed by atoms with E-state index >= 15 is 0 Å². The largest absolute Gasteiger partial charge is 0.239 e. The fourth-order valence-corrected chi connectivity index (χ4v) is 1.11. The van der Waals surface area contributed by atoms with Crippen molar-refractivity contribution in [1.29, 1.82) is 0 Å². The second kappa shape index (κ2) is 3.35. The van der Waals surface area contributed by atoms with E-state index in [2.05, 4.69) is 22.2 Å². The molecule has 2 rings (SSSR count). The fourth-order valence-electron chi connectivity index (χ4n) is 1.11. The Morgan fingerprint density at radius 3 is 2.85 bits per heavy atom. The van der Waals surface area contributed by atoms with Crippen molar-refractivity contribution < 1.29 is 0 Å². The quantitative estimate of drug-likeness (QED) is 0.687. The molecule has 0 aromatic carbocycles. The van der Waals surface area contributed by atoms with Gasteiger partial charge in [-0.25, -0.2) is 4.68 Å². The van der Waals surface area contributed by atoms with Crippen LogP contribution in [0.25, 0.3) is 5.69 Å². The molecule has 0 unspecified atom stereocenters. The highest BCUT2D eigenvalue weighted by Crippen LogP contribution is 2.04. The maximum atomic E-state index is 4.35. The van der Waals surface area contributed by atoms with Gasteiger partial charge in [0, 0.05) is 6.20 Å². The van der Waals surface area contributed by atoms with Crippen molar-refractivity contribution in [2.45, 2.75) is 13.3 Å². The van der Waals surface area contributed by atoms with E-state index in [0.717, 1.165) is 17.8 Å². The van der Waals surface area contributed by atoms with Gasteiger partial charge in [0.2, 0.25) is 0 Å². The molecule has 0 amide bonds. The van der Waals surface area contributed by atoms with Crippen molar-refractivity contribution in [3.05, 3.63) is 36.4 Å². The van der Waals surface area contributed by atoms with Crippen LogP contribution in [0.2, 0.25) is 0 Å². The van der Waals surface area contributed by atoms with Gasteiger partial charge in [-0.1, -0.05) is 6.92 Å². The van der Waals surface area contributed by atoms with Crippen molar-refractivity contribution in [1.82, 2.24) is 20.0 Å². The molecule has 66 valence electrons. The van der Waals surface area contributed by atoms with Crippen LogP contribution in [0, 0.1) is 0 Å². The molecular formula is C9H10N4. The van der Waals surface area contributed by atoms with Crippen LogP contribution in [0.1, 0.15) is 12.6 Å². The minimum atomic E-state index is 0.940. The summed E-state index contributed by atoms with van der Waals surface area (Å²) in [6, 6.07) is 3.87. The summed E-state index contributed by atoms with van der Waals surface area (Å²) in [5, 5.41) is 11.8. The van der Waals surface area contributed by atoms with Gasteiger partial charge < -0.3 is 0 Å². The Bertz CT molecular complexity index is 380. The van der Waals surface area contributed by atoms with E-state index in [9.17, 15) is 0 Å². The zero-order valence-electron chi connectivity index (χ0n) is 7.38. The third-order valence-electron chi connectivity index (χ3n) is 1.84. The maximum Gasteiger partial charge on any atom is 0.0863 e. The second-order valence-electron chi connectivity index (χ2n) is 2.71. The van der Waals surface area contributed by atoms with Gasteiger partial charge in [-0.2, -0.15) is 15.3 Å². The lowest BCUT2D eigenvalue weighted by Gasteiger charge is -1.97. The molecule has 0 atom stereocenters. The molecule has 0 bridgehead atoms. The molecule has 4 heteroatoms. The topological polar surface area (TPSA) is 43.6 Å². The van der Waals surface area contributed by atoms with Gasteiger partial charge in [-0.05, 0) is 18.6 Å². The Labute approximate surface area is 76.2 Å². The van der Waals surface area contributed by atoms with Crippen molar-refractivity contribution in [3.8, 4) is 5.69 Å². The Balaban J connectivity index is 2.36. The number of nitrogens with zero attached hydrogens (tertiary/aromatic N) is 4. The molecule has 0 saturated heterocycles. The van der Waals surface area contributed by atoms with Crippen LogP contribution < -0.4 is 0 Å². The van der Waals surface area contributed by atoms with E-state index in [-0.39, 0.29) is 0 Å². The summed E-state index contributed by atoms with van der Waals surface area (Å²) in [6.45, 7) is 2.08. The standard InChI is InChI=1S/C9H10N4/c1-2-8-4-6-13(12-8)9-3-5-10-11-7-9/h3-7H,2H2,1H3. The van der Waals surface area contributed by atoms with E-state index < -0.39 is 0 Å². The first-order chi connectivity index (χ1) is 6.40. The molecule has 4 nitrogen and oxygen atoms in total. The van der Waals surface area contributed by atoms with E-state index in [1.165, 1.54) is 0 Å². The van der Waals surface area contributed by atoms with E-state index in [0.29, 0.717) is 0 Å². The summed E-state index contributed by atoms with van der Waals surface area (Å²) in [5.74, 6) is 0. The first-order valence-corrected chi connectivity index (χ1v) is 4.22. The number of hydrogen-bond acceptors (Lipinski definition) is 3. The molecule has 2 aromatic rings. The minimum Gasteiger partial charge on any atom is -0.239 e. The highest BCUT2D eigenvalue weighted by atomic mass is 15.3. The predicted molar refractivity (Wildman–Crippen MR) is 48.5 cm³/mol. The van der Waals surface area contributed by atoms with Crippen molar-refractivity contribution in [3.63, 3.8) is 0 Å². The lowest BCUT2D eigenvalue weighted by molar-refractivity contribution is 0.828. The minimum absolute atomic E-state index is 0.940. The predicted octanol–water partition coefficient (Wildman–Crippen LogP) is 1.22. The summed E-state index contributed by atoms with van der Waals surface area (Å²) < 4.78 is 1.80. The zero-order valence-corrected chi connectivity index (χ0v) is 7.38. The van der Waals surface area contributed by atoms with Crippen LogP contribution in [-0.2, 0) is 6.42 Å². The first kappa shape index (κ1) is 7.91. The molecule has 0 aliphatic carbocycles. The van der Waals surface area contributed by atoms with Gasteiger partial charge in [-0.3, -0.25) is 0 Å². The highest BCUT2D eigenvalue weighted by molar-refractivity contribution is 5.25. The first-order valence-electron chi connectivity index (χ1n) is 4.22. The molecule has 2 heterocycles. The second-order valence-corrected chi connectivity index (χ2v) is 2.71. The summed E-state index contributed by atoms with van der Waals surface area (Å²) in [7, 11) is 0. The van der Waals surface area contributed by atoms with Crippen LogP contribution in [0.5, 0.6) is 0 Å². The van der Waals surface area contributed by atoms with E-state index in [1.807, 2.05) is 18.3 Å². The van der Waals surface area contributed by atoms with Crippen molar-refractivity contribution >= 4 is 0 Å². The fraction of sp³-hybridized carbons (Fsp3) is 0.222. The molecular weight excluding hydrogens is 164 g/mol. The van der Waals surface area contributed by atoms with Crippen LogP contribution in [0.3, 0.4) is 0 Å². The lowest BCUT2D eigenvalue weighted by Crippen LogP contribution is -1.96. The number of aryl methyl sites for hydroxylation is 1. The van der Waals surface area contributed by atoms with Gasteiger partial charge >= 0.3 is 0 Å². The number of aromatic nitrogens is 4. The van der Waals surface area contributed by atoms with Crippen LogP contribution in [0.4, 0.5) is 0 Å². The smallest absolute Gasteiger partial charge is 0.0863 e. The monoisotopic (exact) mass is 174 g/mol. The van der Waals surface area contributed by atoms with Crippen molar-refractivity contribution in [2.24, 2.45) is 0 Å². The molecule has 13 heavy (non-hydrogen) atoms. The van der Waals surface area contributed by atoms with E-state index in [1.54, 1.807) is 17.1 Å². The Kier molecular flexibility index (Phi) is 2.04. The molecule has 0 spiro atoms. The van der Waals surface area contributed by atoms with Gasteiger partial charge in [0.1, 0.15) is 0 Å². The normalized spacial score (nSPS) is 10.2. The lowest BCUT2D eigenvalue weighted by atomic mass is 10.4.